The third kappa shape index (κ3) is 2.60. The van der Waals surface area contributed by atoms with Gasteiger partial charge in [-0.25, -0.2) is 0 Å². The average Bonchev–Trinajstić information content (AvgIpc) is 2.34. The number of hydrogen-bond acceptors (Lipinski definition) is 2. The maximum absolute atomic E-state index is 10.8. The molecule has 0 aromatic heterocycles. The van der Waals surface area contributed by atoms with Crippen LogP contribution in [0.15, 0.2) is 18.2 Å². The summed E-state index contributed by atoms with van der Waals surface area (Å²) in [5.74, 6) is 0. The summed E-state index contributed by atoms with van der Waals surface area (Å²) >= 11 is 0. The van der Waals surface area contributed by atoms with Gasteiger partial charge in [-0.05, 0) is 57.5 Å². The average molecular weight is 249 g/mol. The van der Waals surface area contributed by atoms with E-state index in [-0.39, 0.29) is 5.54 Å². The second kappa shape index (κ2) is 5.85. The van der Waals surface area contributed by atoms with Crippen LogP contribution in [0, 0.1) is 13.8 Å². The molecule has 0 saturated carbocycles. The van der Waals surface area contributed by atoms with Gasteiger partial charge < -0.3 is 10.0 Å². The lowest BCUT2D eigenvalue weighted by molar-refractivity contribution is -0.0149. The molecule has 0 amide bonds. The molecule has 0 fully saturated rings. The Balaban J connectivity index is 3.17. The molecule has 1 atom stereocenters. The molecule has 1 unspecified atom stereocenters. The van der Waals surface area contributed by atoms with E-state index >= 15 is 0 Å². The molecule has 1 N–H and O–H groups in total. The van der Waals surface area contributed by atoms with Gasteiger partial charge in [-0.15, -0.1) is 0 Å². The molecule has 1 aromatic rings. The van der Waals surface area contributed by atoms with E-state index in [0.717, 1.165) is 18.4 Å². The Labute approximate surface area is 112 Å². The molecule has 0 aliphatic carbocycles. The van der Waals surface area contributed by atoms with Crippen LogP contribution in [0.3, 0.4) is 0 Å². The van der Waals surface area contributed by atoms with Gasteiger partial charge in [0.05, 0.1) is 6.10 Å². The summed E-state index contributed by atoms with van der Waals surface area (Å²) in [5.41, 5.74) is 3.36. The fraction of sp³-hybridized carbons (Fsp3) is 0.625. The quantitative estimate of drug-likeness (QED) is 0.864. The molecule has 0 radical (unpaired) electrons. The number of rotatable bonds is 5. The molecular formula is C16H27NO. The molecule has 1 rings (SSSR count). The topological polar surface area (TPSA) is 23.5 Å². The zero-order valence-corrected chi connectivity index (χ0v) is 12.6. The first-order chi connectivity index (χ1) is 8.39. The number of aliphatic hydroxyl groups excluding tert-OH is 1. The number of hydrogen-bond donors (Lipinski definition) is 1. The van der Waals surface area contributed by atoms with Gasteiger partial charge in [0.15, 0.2) is 0 Å². The Morgan fingerprint density at radius 2 is 1.67 bits per heavy atom. The van der Waals surface area contributed by atoms with Gasteiger partial charge in [0.2, 0.25) is 0 Å². The fourth-order valence-electron chi connectivity index (χ4n) is 2.76. The minimum absolute atomic E-state index is 0.179. The Hall–Kier alpha value is -0.860. The predicted octanol–water partition coefficient (Wildman–Crippen LogP) is 3.46. The zero-order valence-electron chi connectivity index (χ0n) is 12.6. The van der Waals surface area contributed by atoms with Gasteiger partial charge >= 0.3 is 0 Å². The lowest BCUT2D eigenvalue weighted by Gasteiger charge is -2.43. The Morgan fingerprint density at radius 1 is 1.11 bits per heavy atom. The fourth-order valence-corrected chi connectivity index (χ4v) is 2.76. The van der Waals surface area contributed by atoms with E-state index in [9.17, 15) is 5.11 Å². The largest absolute Gasteiger partial charge is 0.386 e. The molecule has 102 valence electrons. The van der Waals surface area contributed by atoms with Gasteiger partial charge in [0.25, 0.3) is 0 Å². The Kier molecular flexibility index (Phi) is 4.94. The third-order valence-electron chi connectivity index (χ3n) is 4.47. The molecule has 2 heteroatoms. The van der Waals surface area contributed by atoms with Crippen LogP contribution in [0.5, 0.6) is 0 Å². The second-order valence-electron chi connectivity index (χ2n) is 5.45. The van der Waals surface area contributed by atoms with Gasteiger partial charge in [0.1, 0.15) is 0 Å². The van der Waals surface area contributed by atoms with Crippen LogP contribution >= 0.6 is 0 Å². The molecule has 0 aliphatic heterocycles. The van der Waals surface area contributed by atoms with E-state index in [4.69, 9.17) is 0 Å². The van der Waals surface area contributed by atoms with Crippen LogP contribution < -0.4 is 0 Å². The van der Waals surface area contributed by atoms with Crippen LogP contribution in [0.1, 0.15) is 49.5 Å². The van der Waals surface area contributed by atoms with Crippen molar-refractivity contribution in [1.29, 1.82) is 0 Å². The van der Waals surface area contributed by atoms with Gasteiger partial charge in [0, 0.05) is 5.54 Å². The summed E-state index contributed by atoms with van der Waals surface area (Å²) in [6.45, 7) is 8.49. The van der Waals surface area contributed by atoms with Gasteiger partial charge in [-0.1, -0.05) is 32.0 Å². The lowest BCUT2D eigenvalue weighted by atomic mass is 9.81. The minimum Gasteiger partial charge on any atom is -0.386 e. The highest BCUT2D eigenvalue weighted by atomic mass is 16.3. The SMILES string of the molecule is CCC(CC)(C(O)c1ccc(C)c(C)c1)N(C)C. The summed E-state index contributed by atoms with van der Waals surface area (Å²) in [5, 5.41) is 10.8. The summed E-state index contributed by atoms with van der Waals surface area (Å²) < 4.78 is 0. The summed E-state index contributed by atoms with van der Waals surface area (Å²) in [7, 11) is 4.11. The van der Waals surface area contributed by atoms with Crippen molar-refractivity contribution in [2.75, 3.05) is 14.1 Å². The molecule has 0 saturated heterocycles. The van der Waals surface area contributed by atoms with Crippen LogP contribution in [0.25, 0.3) is 0 Å². The molecular weight excluding hydrogens is 222 g/mol. The normalized spacial score (nSPS) is 14.0. The first-order valence-corrected chi connectivity index (χ1v) is 6.81. The smallest absolute Gasteiger partial charge is 0.0973 e. The molecule has 0 heterocycles. The highest BCUT2D eigenvalue weighted by molar-refractivity contribution is 5.32. The van der Waals surface area contributed by atoms with Gasteiger partial charge in [-0.2, -0.15) is 0 Å². The van der Waals surface area contributed by atoms with Crippen LogP contribution in [-0.2, 0) is 0 Å². The number of likely N-dealkylation sites (N-methyl/N-ethyl adjacent to an activating group) is 1. The van der Waals surface area contributed by atoms with E-state index in [1.165, 1.54) is 11.1 Å². The van der Waals surface area contributed by atoms with Crippen molar-refractivity contribution in [3.05, 3.63) is 34.9 Å². The van der Waals surface area contributed by atoms with Crippen molar-refractivity contribution < 1.29 is 5.11 Å². The second-order valence-corrected chi connectivity index (χ2v) is 5.45. The number of nitrogens with zero attached hydrogens (tertiary/aromatic N) is 1. The van der Waals surface area contributed by atoms with E-state index in [1.807, 2.05) is 0 Å². The molecule has 0 aliphatic rings. The molecule has 2 nitrogen and oxygen atoms in total. The van der Waals surface area contributed by atoms with Crippen LogP contribution in [0.4, 0.5) is 0 Å². The molecule has 0 bridgehead atoms. The summed E-state index contributed by atoms with van der Waals surface area (Å²) in [6.07, 6.45) is 1.43. The molecule has 1 aromatic carbocycles. The number of benzene rings is 1. The Bertz CT molecular complexity index is 394. The summed E-state index contributed by atoms with van der Waals surface area (Å²) in [6, 6.07) is 6.26. The minimum atomic E-state index is -0.443. The predicted molar refractivity (Wildman–Crippen MR) is 77.9 cm³/mol. The van der Waals surface area contributed by atoms with Crippen molar-refractivity contribution in [2.24, 2.45) is 0 Å². The maximum atomic E-state index is 10.8. The van der Waals surface area contributed by atoms with E-state index in [2.05, 4.69) is 64.9 Å². The Morgan fingerprint density at radius 3 is 2.06 bits per heavy atom. The monoisotopic (exact) mass is 249 g/mol. The van der Waals surface area contributed by atoms with Crippen molar-refractivity contribution in [3.8, 4) is 0 Å². The van der Waals surface area contributed by atoms with Crippen molar-refractivity contribution >= 4 is 0 Å². The van der Waals surface area contributed by atoms with Gasteiger partial charge in [-0.3, -0.25) is 0 Å². The van der Waals surface area contributed by atoms with Crippen molar-refractivity contribution in [2.45, 2.75) is 52.2 Å². The van der Waals surface area contributed by atoms with Crippen LogP contribution in [-0.4, -0.2) is 29.6 Å². The molecule has 0 spiro atoms. The first-order valence-electron chi connectivity index (χ1n) is 6.81. The maximum Gasteiger partial charge on any atom is 0.0973 e. The zero-order chi connectivity index (χ0) is 13.9. The standard InChI is InChI=1S/C16H27NO/c1-7-16(8-2,17(5)6)15(18)14-10-9-12(3)13(4)11-14/h9-11,15,18H,7-8H2,1-6H3. The van der Waals surface area contributed by atoms with E-state index in [1.54, 1.807) is 0 Å². The first kappa shape index (κ1) is 15.2. The number of aliphatic hydroxyl groups is 1. The third-order valence-corrected chi connectivity index (χ3v) is 4.47. The summed E-state index contributed by atoms with van der Waals surface area (Å²) in [4.78, 5) is 2.16. The van der Waals surface area contributed by atoms with Crippen molar-refractivity contribution in [1.82, 2.24) is 4.90 Å². The number of aryl methyl sites for hydroxylation is 2. The highest BCUT2D eigenvalue weighted by Gasteiger charge is 2.37. The van der Waals surface area contributed by atoms with E-state index in [0.29, 0.717) is 0 Å². The van der Waals surface area contributed by atoms with Crippen molar-refractivity contribution in [3.63, 3.8) is 0 Å². The van der Waals surface area contributed by atoms with E-state index < -0.39 is 6.10 Å². The molecule has 18 heavy (non-hydrogen) atoms. The van der Waals surface area contributed by atoms with Crippen LogP contribution in [0.2, 0.25) is 0 Å². The highest BCUT2D eigenvalue weighted by Crippen LogP contribution is 2.36. The lowest BCUT2D eigenvalue weighted by Crippen LogP contribution is -2.48.